The maximum atomic E-state index is 12.3. The van der Waals surface area contributed by atoms with Gasteiger partial charge in [0.15, 0.2) is 0 Å². The number of hydrogen-bond acceptors (Lipinski definition) is 4. The second kappa shape index (κ2) is 9.43. The third kappa shape index (κ3) is 5.88. The van der Waals surface area contributed by atoms with Crippen LogP contribution in [0.2, 0.25) is 0 Å². The fraction of sp³-hybridized carbons (Fsp3) is 0.238. The van der Waals surface area contributed by atoms with Crippen molar-refractivity contribution in [3.63, 3.8) is 0 Å². The molecule has 0 fully saturated rings. The molecular formula is C21H24N2O4. The number of rotatable bonds is 7. The van der Waals surface area contributed by atoms with Crippen LogP contribution >= 0.6 is 0 Å². The van der Waals surface area contributed by atoms with Gasteiger partial charge in [0.2, 0.25) is 11.8 Å². The number of benzene rings is 2. The van der Waals surface area contributed by atoms with Crippen LogP contribution < -0.4 is 20.1 Å². The molecule has 0 heterocycles. The molecule has 0 saturated heterocycles. The summed E-state index contributed by atoms with van der Waals surface area (Å²) in [5, 5.41) is 5.63. The maximum absolute atomic E-state index is 12.3. The molecule has 2 aromatic carbocycles. The monoisotopic (exact) mass is 368 g/mol. The maximum Gasteiger partial charge on any atom is 0.244 e. The van der Waals surface area contributed by atoms with E-state index >= 15 is 0 Å². The van der Waals surface area contributed by atoms with E-state index in [1.165, 1.54) is 13.0 Å². The number of methoxy groups -OCH3 is 2. The van der Waals surface area contributed by atoms with Gasteiger partial charge in [-0.1, -0.05) is 12.1 Å². The molecule has 1 unspecified atom stereocenters. The van der Waals surface area contributed by atoms with Crippen LogP contribution in [0.4, 0.5) is 5.69 Å². The van der Waals surface area contributed by atoms with Gasteiger partial charge in [0.25, 0.3) is 0 Å². The van der Waals surface area contributed by atoms with E-state index in [-0.39, 0.29) is 17.9 Å². The molecule has 0 aliphatic rings. The summed E-state index contributed by atoms with van der Waals surface area (Å²) in [5.74, 6) is 0.950. The fourth-order valence-corrected chi connectivity index (χ4v) is 2.57. The topological polar surface area (TPSA) is 76.7 Å². The van der Waals surface area contributed by atoms with Crippen LogP contribution in [-0.4, -0.2) is 26.0 Å². The average Bonchev–Trinajstić information content (AvgIpc) is 2.65. The first kappa shape index (κ1) is 20.0. The van der Waals surface area contributed by atoms with Crippen LogP contribution in [0, 0.1) is 0 Å². The Bertz CT molecular complexity index is 846. The summed E-state index contributed by atoms with van der Waals surface area (Å²) in [6, 6.07) is 12.5. The van der Waals surface area contributed by atoms with Gasteiger partial charge in [0.05, 0.1) is 20.3 Å². The molecule has 6 nitrogen and oxygen atoms in total. The molecule has 0 aliphatic carbocycles. The predicted molar refractivity (Wildman–Crippen MR) is 106 cm³/mol. The first-order chi connectivity index (χ1) is 12.9. The Hall–Kier alpha value is -3.28. The summed E-state index contributed by atoms with van der Waals surface area (Å²) < 4.78 is 10.5. The predicted octanol–water partition coefficient (Wildman–Crippen LogP) is 3.55. The number of amides is 2. The largest absolute Gasteiger partial charge is 0.497 e. The summed E-state index contributed by atoms with van der Waals surface area (Å²) in [6.07, 6.45) is 3.13. The van der Waals surface area contributed by atoms with Crippen molar-refractivity contribution in [2.24, 2.45) is 0 Å². The molecule has 27 heavy (non-hydrogen) atoms. The zero-order valence-electron chi connectivity index (χ0n) is 15.9. The molecule has 0 bridgehead atoms. The Morgan fingerprint density at radius 1 is 1.07 bits per heavy atom. The van der Waals surface area contributed by atoms with E-state index in [1.54, 1.807) is 44.6 Å². The van der Waals surface area contributed by atoms with Gasteiger partial charge in [-0.05, 0) is 48.9 Å². The summed E-state index contributed by atoms with van der Waals surface area (Å²) in [4.78, 5) is 23.5. The lowest BCUT2D eigenvalue weighted by Gasteiger charge is -2.14. The van der Waals surface area contributed by atoms with Gasteiger partial charge in [-0.2, -0.15) is 0 Å². The minimum atomic E-state index is -0.239. The number of anilines is 1. The van der Waals surface area contributed by atoms with Gasteiger partial charge in [-0.3, -0.25) is 9.59 Å². The molecule has 0 radical (unpaired) electrons. The fourth-order valence-electron chi connectivity index (χ4n) is 2.57. The first-order valence-corrected chi connectivity index (χ1v) is 8.51. The highest BCUT2D eigenvalue weighted by atomic mass is 16.5. The smallest absolute Gasteiger partial charge is 0.244 e. The highest BCUT2D eigenvalue weighted by Gasteiger charge is 2.09. The van der Waals surface area contributed by atoms with Gasteiger partial charge < -0.3 is 20.1 Å². The Morgan fingerprint density at radius 2 is 1.85 bits per heavy atom. The van der Waals surface area contributed by atoms with E-state index in [0.717, 1.165) is 11.1 Å². The zero-order chi connectivity index (χ0) is 19.8. The quantitative estimate of drug-likeness (QED) is 0.733. The molecule has 2 N–H and O–H groups in total. The average molecular weight is 368 g/mol. The number of ether oxygens (including phenoxy) is 2. The lowest BCUT2D eigenvalue weighted by Crippen LogP contribution is -2.24. The molecule has 1 atom stereocenters. The van der Waals surface area contributed by atoms with E-state index in [9.17, 15) is 9.59 Å². The van der Waals surface area contributed by atoms with E-state index < -0.39 is 0 Å². The SMILES string of the molecule is COc1ccc(OC)c(/C=C/C(=O)NC(C)c2cccc(NC(C)=O)c2)c1. The van der Waals surface area contributed by atoms with Crippen LogP contribution in [0.1, 0.15) is 31.0 Å². The van der Waals surface area contributed by atoms with Crippen molar-refractivity contribution in [2.45, 2.75) is 19.9 Å². The highest BCUT2D eigenvalue weighted by Crippen LogP contribution is 2.25. The minimum Gasteiger partial charge on any atom is -0.497 e. The first-order valence-electron chi connectivity index (χ1n) is 8.51. The van der Waals surface area contributed by atoms with E-state index in [1.807, 2.05) is 25.1 Å². The van der Waals surface area contributed by atoms with Crippen molar-refractivity contribution < 1.29 is 19.1 Å². The van der Waals surface area contributed by atoms with Gasteiger partial charge >= 0.3 is 0 Å². The molecule has 6 heteroatoms. The highest BCUT2D eigenvalue weighted by molar-refractivity contribution is 5.92. The van der Waals surface area contributed by atoms with Crippen molar-refractivity contribution in [3.05, 3.63) is 59.7 Å². The van der Waals surface area contributed by atoms with Gasteiger partial charge in [0, 0.05) is 24.3 Å². The van der Waals surface area contributed by atoms with Crippen LogP contribution in [0.3, 0.4) is 0 Å². The Balaban J connectivity index is 2.07. The van der Waals surface area contributed by atoms with E-state index in [0.29, 0.717) is 17.2 Å². The van der Waals surface area contributed by atoms with Gasteiger partial charge in [-0.15, -0.1) is 0 Å². The van der Waals surface area contributed by atoms with Crippen LogP contribution in [0.25, 0.3) is 6.08 Å². The van der Waals surface area contributed by atoms with Crippen molar-refractivity contribution in [3.8, 4) is 11.5 Å². The molecule has 2 rings (SSSR count). The molecule has 2 amide bonds. The molecule has 2 aromatic rings. The summed E-state index contributed by atoms with van der Waals surface area (Å²) in [7, 11) is 3.15. The Kier molecular flexibility index (Phi) is 7.00. The van der Waals surface area contributed by atoms with Crippen molar-refractivity contribution >= 4 is 23.6 Å². The van der Waals surface area contributed by atoms with Crippen molar-refractivity contribution in [2.75, 3.05) is 19.5 Å². The van der Waals surface area contributed by atoms with Crippen LogP contribution in [0.5, 0.6) is 11.5 Å². The molecule has 0 aliphatic heterocycles. The van der Waals surface area contributed by atoms with Crippen LogP contribution in [-0.2, 0) is 9.59 Å². The number of carbonyl (C=O) groups is 2. The van der Waals surface area contributed by atoms with Gasteiger partial charge in [-0.25, -0.2) is 0 Å². The molecule has 0 aromatic heterocycles. The molecular weight excluding hydrogens is 344 g/mol. The van der Waals surface area contributed by atoms with Crippen molar-refractivity contribution in [1.82, 2.24) is 5.32 Å². The number of hydrogen-bond donors (Lipinski definition) is 2. The summed E-state index contributed by atoms with van der Waals surface area (Å²) >= 11 is 0. The third-order valence-corrected chi connectivity index (χ3v) is 3.92. The zero-order valence-corrected chi connectivity index (χ0v) is 15.9. The van der Waals surface area contributed by atoms with E-state index in [4.69, 9.17) is 9.47 Å². The number of carbonyl (C=O) groups excluding carboxylic acids is 2. The second-order valence-electron chi connectivity index (χ2n) is 5.98. The third-order valence-electron chi connectivity index (χ3n) is 3.92. The molecule has 0 saturated carbocycles. The normalized spacial score (nSPS) is 11.7. The summed E-state index contributed by atoms with van der Waals surface area (Å²) in [5.41, 5.74) is 2.33. The van der Waals surface area contributed by atoms with Gasteiger partial charge in [0.1, 0.15) is 11.5 Å². The second-order valence-corrected chi connectivity index (χ2v) is 5.98. The minimum absolute atomic E-state index is 0.140. The number of nitrogens with one attached hydrogen (secondary N) is 2. The van der Waals surface area contributed by atoms with Crippen LogP contribution in [0.15, 0.2) is 48.5 Å². The van der Waals surface area contributed by atoms with E-state index in [2.05, 4.69) is 10.6 Å². The Labute approximate surface area is 159 Å². The molecule has 0 spiro atoms. The van der Waals surface area contributed by atoms with Crippen molar-refractivity contribution in [1.29, 1.82) is 0 Å². The summed E-state index contributed by atoms with van der Waals surface area (Å²) in [6.45, 7) is 3.33. The standard InChI is InChI=1S/C21H24N2O4/c1-14(16-6-5-7-18(12-16)23-15(2)24)22-21(25)11-8-17-13-19(26-3)9-10-20(17)27-4/h5-14H,1-4H3,(H,22,25)(H,23,24)/b11-8+. The molecule has 142 valence electrons. The Morgan fingerprint density at radius 3 is 2.52 bits per heavy atom. The lowest BCUT2D eigenvalue weighted by molar-refractivity contribution is -0.117. The lowest BCUT2D eigenvalue weighted by atomic mass is 10.1.